The molecule has 4 nitrogen and oxygen atoms in total. The monoisotopic (exact) mass is 319 g/mol. The summed E-state index contributed by atoms with van der Waals surface area (Å²) in [5.74, 6) is -0.116. The zero-order valence-electron chi connectivity index (χ0n) is 9.44. The van der Waals surface area contributed by atoms with E-state index in [1.165, 1.54) is 6.26 Å². The van der Waals surface area contributed by atoms with Gasteiger partial charge in [-0.25, -0.2) is 8.42 Å². The molecule has 1 amide bonds. The summed E-state index contributed by atoms with van der Waals surface area (Å²) in [6.45, 7) is 0.354. The predicted octanol–water partition coefficient (Wildman–Crippen LogP) is 1.61. The Morgan fingerprint density at radius 2 is 2.00 bits per heavy atom. The van der Waals surface area contributed by atoms with Crippen LogP contribution >= 0.6 is 15.9 Å². The molecule has 0 aromatic heterocycles. The van der Waals surface area contributed by atoms with E-state index in [2.05, 4.69) is 21.2 Å². The van der Waals surface area contributed by atoms with Crippen molar-refractivity contribution >= 4 is 31.7 Å². The molecule has 0 radical (unpaired) electrons. The van der Waals surface area contributed by atoms with Gasteiger partial charge >= 0.3 is 0 Å². The summed E-state index contributed by atoms with van der Waals surface area (Å²) in [7, 11) is -2.96. The largest absolute Gasteiger partial charge is 0.352 e. The number of halogens is 1. The minimum absolute atomic E-state index is 0.0865. The molecule has 1 N–H and O–H groups in total. The van der Waals surface area contributed by atoms with Crippen molar-refractivity contribution in [1.29, 1.82) is 0 Å². The number of carbonyl (C=O) groups excluding carboxylic acids is 1. The van der Waals surface area contributed by atoms with Gasteiger partial charge in [-0.2, -0.15) is 0 Å². The van der Waals surface area contributed by atoms with E-state index in [0.717, 1.165) is 4.47 Å². The Bertz CT molecular complexity index is 499. The van der Waals surface area contributed by atoms with Gasteiger partial charge in [-0.1, -0.05) is 12.1 Å². The zero-order valence-corrected chi connectivity index (χ0v) is 11.8. The van der Waals surface area contributed by atoms with E-state index in [0.29, 0.717) is 18.5 Å². The van der Waals surface area contributed by atoms with Crippen molar-refractivity contribution in [3.05, 3.63) is 34.3 Å². The Hall–Kier alpha value is -0.880. The molecule has 0 aliphatic heterocycles. The molecule has 0 atom stereocenters. The standard InChI is InChI=1S/C11H14BrNO3S/c1-17(15,16)8-4-7-13-11(14)9-5-2-3-6-10(9)12/h2-3,5-6H,4,7-8H2,1H3,(H,13,14). The van der Waals surface area contributed by atoms with E-state index in [4.69, 9.17) is 0 Å². The molecule has 94 valence electrons. The highest BCUT2D eigenvalue weighted by Gasteiger charge is 2.08. The quantitative estimate of drug-likeness (QED) is 0.839. The zero-order chi connectivity index (χ0) is 12.9. The summed E-state index contributed by atoms with van der Waals surface area (Å²) in [6, 6.07) is 7.09. The molecule has 6 heteroatoms. The maximum absolute atomic E-state index is 11.7. The van der Waals surface area contributed by atoms with Crippen molar-refractivity contribution < 1.29 is 13.2 Å². The average Bonchev–Trinajstić information content (AvgIpc) is 2.23. The maximum Gasteiger partial charge on any atom is 0.252 e. The van der Waals surface area contributed by atoms with Crippen molar-refractivity contribution in [1.82, 2.24) is 5.32 Å². The van der Waals surface area contributed by atoms with Crippen molar-refractivity contribution in [3.63, 3.8) is 0 Å². The lowest BCUT2D eigenvalue weighted by Crippen LogP contribution is -2.26. The SMILES string of the molecule is CS(=O)(=O)CCCNC(=O)c1ccccc1Br. The van der Waals surface area contributed by atoms with Crippen LogP contribution in [0.5, 0.6) is 0 Å². The Morgan fingerprint density at radius 1 is 1.35 bits per heavy atom. The number of nitrogens with one attached hydrogen (secondary N) is 1. The highest BCUT2D eigenvalue weighted by atomic mass is 79.9. The van der Waals surface area contributed by atoms with E-state index in [9.17, 15) is 13.2 Å². The number of benzene rings is 1. The molecule has 0 bridgehead atoms. The van der Waals surface area contributed by atoms with Crippen LogP contribution in [0.25, 0.3) is 0 Å². The molecular formula is C11H14BrNO3S. The summed E-state index contributed by atoms with van der Waals surface area (Å²) in [4.78, 5) is 11.7. The second kappa shape index (κ2) is 6.16. The summed E-state index contributed by atoms with van der Waals surface area (Å²) in [5.41, 5.74) is 0.548. The molecule has 0 fully saturated rings. The molecule has 1 rings (SSSR count). The molecule has 0 saturated heterocycles. The van der Waals surface area contributed by atoms with E-state index in [1.54, 1.807) is 18.2 Å². The molecule has 17 heavy (non-hydrogen) atoms. The lowest BCUT2D eigenvalue weighted by molar-refractivity contribution is 0.0953. The maximum atomic E-state index is 11.7. The van der Waals surface area contributed by atoms with Gasteiger partial charge in [0.2, 0.25) is 0 Å². The Balaban J connectivity index is 2.44. The van der Waals surface area contributed by atoms with Crippen LogP contribution in [0.3, 0.4) is 0 Å². The van der Waals surface area contributed by atoms with Gasteiger partial charge < -0.3 is 5.32 Å². The highest BCUT2D eigenvalue weighted by Crippen LogP contribution is 2.15. The summed E-state index contributed by atoms with van der Waals surface area (Å²) >= 11 is 3.28. The van der Waals surface area contributed by atoms with Crippen molar-refractivity contribution in [2.45, 2.75) is 6.42 Å². The smallest absolute Gasteiger partial charge is 0.252 e. The highest BCUT2D eigenvalue weighted by molar-refractivity contribution is 9.10. The molecule has 1 aromatic carbocycles. The van der Waals surface area contributed by atoms with Gasteiger partial charge in [-0.3, -0.25) is 4.79 Å². The van der Waals surface area contributed by atoms with Crippen LogP contribution in [-0.4, -0.2) is 32.9 Å². The van der Waals surface area contributed by atoms with E-state index in [-0.39, 0.29) is 11.7 Å². The van der Waals surface area contributed by atoms with Crippen LogP contribution in [0.15, 0.2) is 28.7 Å². The van der Waals surface area contributed by atoms with E-state index < -0.39 is 9.84 Å². The molecule has 1 aromatic rings. The average molecular weight is 320 g/mol. The van der Waals surface area contributed by atoms with Gasteiger partial charge in [-0.05, 0) is 34.5 Å². The second-order valence-corrected chi connectivity index (χ2v) is 6.83. The molecular weight excluding hydrogens is 306 g/mol. The third kappa shape index (κ3) is 5.32. The fourth-order valence-corrected chi connectivity index (χ4v) is 2.41. The lowest BCUT2D eigenvalue weighted by atomic mass is 10.2. The second-order valence-electron chi connectivity index (χ2n) is 3.72. The van der Waals surface area contributed by atoms with Crippen molar-refractivity contribution in [3.8, 4) is 0 Å². The fraction of sp³-hybridized carbons (Fsp3) is 0.364. The predicted molar refractivity (Wildman–Crippen MR) is 70.8 cm³/mol. The van der Waals surface area contributed by atoms with Gasteiger partial charge in [0.25, 0.3) is 5.91 Å². The molecule has 0 spiro atoms. The van der Waals surface area contributed by atoms with Crippen LogP contribution < -0.4 is 5.32 Å². The van der Waals surface area contributed by atoms with Crippen molar-refractivity contribution in [2.75, 3.05) is 18.6 Å². The van der Waals surface area contributed by atoms with Crippen LogP contribution in [0.1, 0.15) is 16.8 Å². The van der Waals surface area contributed by atoms with Gasteiger partial charge in [0.1, 0.15) is 9.84 Å². The summed E-state index contributed by atoms with van der Waals surface area (Å²) in [6.07, 6.45) is 1.61. The van der Waals surface area contributed by atoms with Crippen LogP contribution in [0, 0.1) is 0 Å². The Kier molecular flexibility index (Phi) is 5.14. The van der Waals surface area contributed by atoms with Crippen molar-refractivity contribution in [2.24, 2.45) is 0 Å². The number of rotatable bonds is 5. The van der Waals surface area contributed by atoms with Crippen LogP contribution in [0.4, 0.5) is 0 Å². The fourth-order valence-electron chi connectivity index (χ4n) is 1.28. The first-order valence-corrected chi connectivity index (χ1v) is 7.96. The van der Waals surface area contributed by atoms with Gasteiger partial charge in [-0.15, -0.1) is 0 Å². The van der Waals surface area contributed by atoms with E-state index >= 15 is 0 Å². The summed E-state index contributed by atoms with van der Waals surface area (Å²) in [5, 5.41) is 2.68. The molecule has 0 unspecified atom stereocenters. The number of amides is 1. The first-order valence-electron chi connectivity index (χ1n) is 5.10. The minimum Gasteiger partial charge on any atom is -0.352 e. The van der Waals surface area contributed by atoms with Gasteiger partial charge in [0, 0.05) is 17.3 Å². The number of hydrogen-bond donors (Lipinski definition) is 1. The third-order valence-electron chi connectivity index (χ3n) is 2.10. The lowest BCUT2D eigenvalue weighted by Gasteiger charge is -2.06. The minimum atomic E-state index is -2.96. The first kappa shape index (κ1) is 14.2. The molecule has 0 heterocycles. The number of carbonyl (C=O) groups is 1. The summed E-state index contributed by atoms with van der Waals surface area (Å²) < 4.78 is 22.5. The third-order valence-corrected chi connectivity index (χ3v) is 3.82. The normalized spacial score (nSPS) is 11.2. The number of sulfone groups is 1. The van der Waals surface area contributed by atoms with Gasteiger partial charge in [0.05, 0.1) is 11.3 Å². The topological polar surface area (TPSA) is 63.2 Å². The molecule has 0 aliphatic rings. The Morgan fingerprint density at radius 3 is 2.59 bits per heavy atom. The Labute approximate surface area is 109 Å². The van der Waals surface area contributed by atoms with E-state index in [1.807, 2.05) is 6.07 Å². The number of hydrogen-bond acceptors (Lipinski definition) is 3. The molecule has 0 saturated carbocycles. The molecule has 0 aliphatic carbocycles. The van der Waals surface area contributed by atoms with Gasteiger partial charge in [0.15, 0.2) is 0 Å². The van der Waals surface area contributed by atoms with Crippen LogP contribution in [0.2, 0.25) is 0 Å². The van der Waals surface area contributed by atoms with Crippen LogP contribution in [-0.2, 0) is 9.84 Å². The first-order chi connectivity index (χ1) is 7.90.